The summed E-state index contributed by atoms with van der Waals surface area (Å²) < 4.78 is 0. The number of amides is 1. The molecule has 0 radical (unpaired) electrons. The minimum atomic E-state index is -0.120. The number of carbonyl (C=O) groups excluding carboxylic acids is 1. The summed E-state index contributed by atoms with van der Waals surface area (Å²) in [5, 5.41) is 10.4. The Kier molecular flexibility index (Phi) is 6.62. The molecule has 0 aliphatic rings. The Hall–Kier alpha value is -4.97. The Balaban J connectivity index is 1.51. The maximum absolute atomic E-state index is 12.2. The summed E-state index contributed by atoms with van der Waals surface area (Å²) >= 11 is 0. The van der Waals surface area contributed by atoms with Gasteiger partial charge in [-0.15, -0.1) is 0 Å². The van der Waals surface area contributed by atoms with Gasteiger partial charge in [-0.25, -0.2) is 9.97 Å². The van der Waals surface area contributed by atoms with Gasteiger partial charge in [0.15, 0.2) is 11.5 Å². The van der Waals surface area contributed by atoms with Crippen molar-refractivity contribution in [3.63, 3.8) is 0 Å². The number of allylic oxidation sites excluding steroid dienone is 1. The maximum atomic E-state index is 12.2. The number of aliphatic imine (C=N–C) groups is 1. The smallest absolute Gasteiger partial charge is 0.238 e. The molecule has 5 rings (SSSR count). The van der Waals surface area contributed by atoms with Crippen LogP contribution in [0.4, 0.5) is 11.4 Å². The van der Waals surface area contributed by atoms with E-state index in [2.05, 4.69) is 42.2 Å². The number of H-pyrrole nitrogens is 2. The summed E-state index contributed by atoms with van der Waals surface area (Å²) in [5.41, 5.74) is 7.12. The molecule has 5 aromatic rings. The van der Waals surface area contributed by atoms with Gasteiger partial charge in [-0.1, -0.05) is 0 Å². The highest BCUT2D eigenvalue weighted by atomic mass is 16.2. The predicted molar refractivity (Wildman–Crippen MR) is 149 cm³/mol. The lowest BCUT2D eigenvalue weighted by atomic mass is 10.1. The van der Waals surface area contributed by atoms with Gasteiger partial charge in [0.05, 0.1) is 58.9 Å². The van der Waals surface area contributed by atoms with Crippen LogP contribution in [-0.2, 0) is 4.79 Å². The third-order valence-corrected chi connectivity index (χ3v) is 5.79. The first kappa shape index (κ1) is 24.7. The van der Waals surface area contributed by atoms with Crippen LogP contribution >= 0.6 is 0 Å². The quantitative estimate of drug-likeness (QED) is 0.270. The molecule has 0 saturated heterocycles. The van der Waals surface area contributed by atoms with E-state index in [-0.39, 0.29) is 12.5 Å². The molecular weight excluding hydrogens is 482 g/mol. The van der Waals surface area contributed by atoms with E-state index in [9.17, 15) is 4.79 Å². The van der Waals surface area contributed by atoms with Gasteiger partial charge < -0.3 is 20.1 Å². The largest absolute Gasteiger partial charge is 0.346 e. The molecule has 0 atom stereocenters. The predicted octanol–water partition coefficient (Wildman–Crippen LogP) is 3.46. The minimum Gasteiger partial charge on any atom is -0.346 e. The number of aromatic amines is 2. The second-order valence-electron chi connectivity index (χ2n) is 9.09. The molecule has 192 valence electrons. The Morgan fingerprint density at radius 2 is 1.89 bits per heavy atom. The molecule has 0 bridgehead atoms. The van der Waals surface area contributed by atoms with Gasteiger partial charge in [0.1, 0.15) is 11.0 Å². The molecule has 3 N–H and O–H groups in total. The van der Waals surface area contributed by atoms with Crippen molar-refractivity contribution in [2.75, 3.05) is 37.9 Å². The maximum Gasteiger partial charge on any atom is 0.238 e. The molecule has 12 heteroatoms. The van der Waals surface area contributed by atoms with E-state index < -0.39 is 0 Å². The van der Waals surface area contributed by atoms with Crippen LogP contribution in [0.2, 0.25) is 0 Å². The fraction of sp³-hybridized carbons (Fsp3) is 0.192. The highest BCUT2D eigenvalue weighted by Crippen LogP contribution is 2.30. The molecule has 0 aliphatic heterocycles. The van der Waals surface area contributed by atoms with Crippen molar-refractivity contribution in [2.24, 2.45) is 4.99 Å². The van der Waals surface area contributed by atoms with Crippen molar-refractivity contribution in [3.05, 3.63) is 54.9 Å². The van der Waals surface area contributed by atoms with Gasteiger partial charge in [-0.05, 0) is 45.9 Å². The van der Waals surface area contributed by atoms with Crippen LogP contribution in [0.25, 0.3) is 44.8 Å². The zero-order valence-corrected chi connectivity index (χ0v) is 21.5. The average molecular weight is 510 g/mol. The molecular formula is C26H27N11O. The summed E-state index contributed by atoms with van der Waals surface area (Å²) in [4.78, 5) is 41.5. The van der Waals surface area contributed by atoms with Crippen molar-refractivity contribution < 1.29 is 4.79 Å². The molecule has 5 aromatic heterocycles. The number of nitrogens with zero attached hydrogens (tertiary/aromatic N) is 8. The van der Waals surface area contributed by atoms with E-state index in [4.69, 9.17) is 9.97 Å². The van der Waals surface area contributed by atoms with Crippen LogP contribution in [0.15, 0.2) is 59.9 Å². The molecule has 0 spiro atoms. The Labute approximate surface area is 218 Å². The molecule has 0 unspecified atom stereocenters. The Bertz CT molecular complexity index is 1680. The zero-order chi connectivity index (χ0) is 26.8. The van der Waals surface area contributed by atoms with Gasteiger partial charge in [-0.3, -0.25) is 24.9 Å². The molecule has 0 aliphatic carbocycles. The molecule has 0 saturated carbocycles. The monoisotopic (exact) mass is 509 g/mol. The first-order valence-electron chi connectivity index (χ1n) is 11.8. The summed E-state index contributed by atoms with van der Waals surface area (Å²) in [5.74, 6) is 0.439. The van der Waals surface area contributed by atoms with Crippen LogP contribution in [-0.4, -0.2) is 80.3 Å². The normalized spacial score (nSPS) is 11.9. The number of rotatable bonds is 8. The van der Waals surface area contributed by atoms with E-state index >= 15 is 0 Å². The van der Waals surface area contributed by atoms with Crippen molar-refractivity contribution >= 4 is 46.1 Å². The van der Waals surface area contributed by atoms with E-state index in [1.807, 2.05) is 57.4 Å². The number of fused-ring (bicyclic) bond motifs is 2. The topological polar surface area (TPSA) is 144 Å². The van der Waals surface area contributed by atoms with Crippen molar-refractivity contribution in [3.8, 4) is 22.8 Å². The lowest BCUT2D eigenvalue weighted by Crippen LogP contribution is -2.27. The number of carbonyl (C=O) groups is 1. The lowest BCUT2D eigenvalue weighted by Gasteiger charge is -2.14. The van der Waals surface area contributed by atoms with Crippen LogP contribution in [0.1, 0.15) is 6.92 Å². The second-order valence-corrected chi connectivity index (χ2v) is 9.09. The molecule has 12 nitrogen and oxygen atoms in total. The summed E-state index contributed by atoms with van der Waals surface area (Å²) in [7, 11) is 5.58. The number of nitrogens with one attached hydrogen (secondary N) is 3. The fourth-order valence-electron chi connectivity index (χ4n) is 4.04. The number of anilines is 2. The number of aromatic nitrogens is 7. The van der Waals surface area contributed by atoms with Gasteiger partial charge in [0, 0.05) is 25.0 Å². The highest BCUT2D eigenvalue weighted by molar-refractivity contribution is 5.95. The fourth-order valence-corrected chi connectivity index (χ4v) is 4.04. The van der Waals surface area contributed by atoms with E-state index in [0.29, 0.717) is 28.4 Å². The summed E-state index contributed by atoms with van der Waals surface area (Å²) in [6.07, 6.45) is 8.65. The average Bonchev–Trinajstić information content (AvgIpc) is 3.51. The molecule has 1 amide bonds. The van der Waals surface area contributed by atoms with E-state index in [1.54, 1.807) is 29.7 Å². The SMILES string of the molecule is C=N/C(C)=C\N(C)c1cncc2[nH]c(-c3n[nH]c4ccc(-c5cncc(NC(=O)CN(C)C)c5)nc34)nc12. The zero-order valence-electron chi connectivity index (χ0n) is 21.5. The number of pyridine rings is 3. The molecule has 5 heterocycles. The molecule has 38 heavy (non-hydrogen) atoms. The van der Waals surface area contributed by atoms with Gasteiger partial charge in [0.2, 0.25) is 5.91 Å². The number of hydrogen-bond acceptors (Lipinski definition) is 9. The Morgan fingerprint density at radius 1 is 1.08 bits per heavy atom. The van der Waals surface area contributed by atoms with Gasteiger partial charge in [0.25, 0.3) is 0 Å². The summed E-state index contributed by atoms with van der Waals surface area (Å²) in [6, 6.07) is 5.63. The number of imidazole rings is 1. The van der Waals surface area contributed by atoms with Crippen LogP contribution in [0.5, 0.6) is 0 Å². The minimum absolute atomic E-state index is 0.120. The first-order chi connectivity index (χ1) is 18.3. The number of hydrogen-bond donors (Lipinski definition) is 3. The lowest BCUT2D eigenvalue weighted by molar-refractivity contribution is -0.116. The van der Waals surface area contributed by atoms with Crippen LogP contribution < -0.4 is 10.2 Å². The Morgan fingerprint density at radius 3 is 2.68 bits per heavy atom. The van der Waals surface area contributed by atoms with Crippen LogP contribution in [0.3, 0.4) is 0 Å². The van der Waals surface area contributed by atoms with Crippen molar-refractivity contribution in [1.82, 2.24) is 40.0 Å². The van der Waals surface area contributed by atoms with Crippen LogP contribution in [0, 0.1) is 0 Å². The first-order valence-corrected chi connectivity index (χ1v) is 11.8. The molecule has 0 fully saturated rings. The van der Waals surface area contributed by atoms with Gasteiger partial charge >= 0.3 is 0 Å². The van der Waals surface area contributed by atoms with E-state index in [1.165, 1.54) is 0 Å². The third kappa shape index (κ3) is 4.97. The van der Waals surface area contributed by atoms with Crippen molar-refractivity contribution in [2.45, 2.75) is 6.92 Å². The van der Waals surface area contributed by atoms with Crippen molar-refractivity contribution in [1.29, 1.82) is 0 Å². The van der Waals surface area contributed by atoms with Gasteiger partial charge in [-0.2, -0.15) is 5.10 Å². The number of likely N-dealkylation sites (N-methyl/N-ethyl adjacent to an activating group) is 1. The standard InChI is InChI=1S/C26H27N11O/c1-15(27-2)13-37(5)21-12-29-11-20-23(21)33-26(32-20)25-24-19(34-35-25)7-6-18(31-24)16-8-17(10-28-9-16)30-22(38)14-36(3)4/h6-13H,2,14H2,1,3-5H3,(H,30,38)(H,32,33)(H,34,35)/b15-13-. The summed E-state index contributed by atoms with van der Waals surface area (Å²) in [6.45, 7) is 5.71. The molecule has 0 aromatic carbocycles. The highest BCUT2D eigenvalue weighted by Gasteiger charge is 2.18. The van der Waals surface area contributed by atoms with E-state index in [0.717, 1.165) is 33.5 Å². The second kappa shape index (κ2) is 10.2. The third-order valence-electron chi connectivity index (χ3n) is 5.79.